The average Bonchev–Trinajstić information content (AvgIpc) is 2.86. The number of carboxylic acid groups (broad SMARTS) is 1. The largest absolute Gasteiger partial charge is 0.465 e. The molecule has 0 fully saturated rings. The van der Waals surface area contributed by atoms with Crippen LogP contribution in [0.5, 0.6) is 0 Å². The molecule has 2 aromatic heterocycles. The van der Waals surface area contributed by atoms with Crippen LogP contribution in [0.3, 0.4) is 0 Å². The molecule has 0 unspecified atom stereocenters. The minimum atomic E-state index is -1.05. The summed E-state index contributed by atoms with van der Waals surface area (Å²) in [7, 11) is 0. The Kier molecular flexibility index (Phi) is 3.23. The summed E-state index contributed by atoms with van der Waals surface area (Å²) in [5.74, 6) is 0.198. The van der Waals surface area contributed by atoms with Crippen molar-refractivity contribution in [2.45, 2.75) is 26.3 Å². The third-order valence-corrected chi connectivity index (χ3v) is 3.27. The normalized spacial score (nSPS) is 11.5. The number of nitrogens with two attached hydrogens (primary N) is 1. The van der Waals surface area contributed by atoms with E-state index in [0.29, 0.717) is 5.69 Å². The molecule has 6 nitrogen and oxygen atoms in total. The van der Waals surface area contributed by atoms with Crippen LogP contribution in [0.15, 0.2) is 23.0 Å². The first kappa shape index (κ1) is 13.4. The molecule has 0 bridgehead atoms. The predicted octanol–water partition coefficient (Wildman–Crippen LogP) is 2.80. The van der Waals surface area contributed by atoms with E-state index in [4.69, 9.17) is 5.73 Å². The van der Waals surface area contributed by atoms with Crippen molar-refractivity contribution < 1.29 is 9.90 Å². The van der Waals surface area contributed by atoms with E-state index in [0.717, 1.165) is 5.69 Å². The summed E-state index contributed by atoms with van der Waals surface area (Å²) in [4.78, 5) is 12.7. The zero-order chi connectivity index (χ0) is 14.2. The second-order valence-corrected chi connectivity index (χ2v) is 5.89. The summed E-state index contributed by atoms with van der Waals surface area (Å²) in [6.07, 6.45) is 0.584. The van der Waals surface area contributed by atoms with E-state index in [1.54, 1.807) is 10.9 Å². The summed E-state index contributed by atoms with van der Waals surface area (Å²) in [5, 5.41) is 17.4. The van der Waals surface area contributed by atoms with Gasteiger partial charge in [-0.2, -0.15) is 11.3 Å². The van der Waals surface area contributed by atoms with Gasteiger partial charge in [-0.15, -0.1) is 5.10 Å². The average molecular weight is 280 g/mol. The van der Waals surface area contributed by atoms with E-state index >= 15 is 0 Å². The maximum absolute atomic E-state index is 11.4. The van der Waals surface area contributed by atoms with Gasteiger partial charge in [-0.25, -0.2) is 9.48 Å². The lowest BCUT2D eigenvalue weighted by Gasteiger charge is -2.32. The summed E-state index contributed by atoms with van der Waals surface area (Å²) in [6.45, 7) is 5.42. The summed E-state index contributed by atoms with van der Waals surface area (Å²) in [5.41, 5.74) is 6.51. The molecular formula is C12H16N4O2S. The Morgan fingerprint density at radius 2 is 2.21 bits per heavy atom. The molecule has 19 heavy (non-hydrogen) atoms. The number of aromatic nitrogens is 2. The van der Waals surface area contributed by atoms with Crippen LogP contribution in [0, 0.1) is 0 Å². The number of nitrogen functional groups attached to an aromatic ring is 1. The number of rotatable bonds is 2. The molecule has 3 N–H and O–H groups in total. The number of amides is 1. The molecular weight excluding hydrogens is 264 g/mol. The fourth-order valence-corrected chi connectivity index (χ4v) is 2.44. The highest BCUT2D eigenvalue weighted by Crippen LogP contribution is 2.30. The molecule has 2 rings (SSSR count). The van der Waals surface area contributed by atoms with Crippen LogP contribution in [-0.2, 0) is 0 Å². The fraction of sp³-hybridized carbons (Fsp3) is 0.333. The van der Waals surface area contributed by atoms with Crippen molar-refractivity contribution in [1.29, 1.82) is 0 Å². The number of hydrogen-bond donors (Lipinski definition) is 2. The monoisotopic (exact) mass is 280 g/mol. The molecule has 0 radical (unpaired) electrons. The van der Waals surface area contributed by atoms with Crippen LogP contribution in [0.25, 0.3) is 5.69 Å². The van der Waals surface area contributed by atoms with Gasteiger partial charge in [-0.1, -0.05) is 0 Å². The Morgan fingerprint density at radius 1 is 1.53 bits per heavy atom. The van der Waals surface area contributed by atoms with Crippen LogP contribution < -0.4 is 10.6 Å². The van der Waals surface area contributed by atoms with Gasteiger partial charge in [0.15, 0.2) is 5.82 Å². The Hall–Kier alpha value is -2.02. The van der Waals surface area contributed by atoms with Gasteiger partial charge in [-0.3, -0.25) is 4.90 Å². The highest BCUT2D eigenvalue weighted by Gasteiger charge is 2.31. The Labute approximate surface area is 115 Å². The molecule has 0 aliphatic heterocycles. The highest BCUT2D eigenvalue weighted by molar-refractivity contribution is 7.08. The lowest BCUT2D eigenvalue weighted by molar-refractivity contribution is 0.195. The lowest BCUT2D eigenvalue weighted by Crippen LogP contribution is -2.45. The quantitative estimate of drug-likeness (QED) is 0.885. The smallest absolute Gasteiger partial charge is 0.412 e. The second-order valence-electron chi connectivity index (χ2n) is 5.11. The summed E-state index contributed by atoms with van der Waals surface area (Å²) in [6, 6.07) is 1.89. The van der Waals surface area contributed by atoms with E-state index in [1.807, 2.05) is 37.6 Å². The van der Waals surface area contributed by atoms with Gasteiger partial charge < -0.3 is 10.8 Å². The molecule has 7 heteroatoms. The van der Waals surface area contributed by atoms with Crippen molar-refractivity contribution in [2.75, 3.05) is 10.6 Å². The molecule has 102 valence electrons. The lowest BCUT2D eigenvalue weighted by atomic mass is 10.1. The van der Waals surface area contributed by atoms with E-state index in [-0.39, 0.29) is 5.82 Å². The number of hydrogen-bond acceptors (Lipinski definition) is 4. The van der Waals surface area contributed by atoms with E-state index in [9.17, 15) is 9.90 Å². The van der Waals surface area contributed by atoms with Crippen molar-refractivity contribution in [3.8, 4) is 5.69 Å². The first-order valence-electron chi connectivity index (χ1n) is 5.71. The standard InChI is InChI=1S/C12H16N4O2S/c1-12(2,3)16(11(17)18)9-6-15(14-10(9)13)8-4-5-19-7-8/h4-7H,1-3H3,(H2,13,14)(H,17,18). The molecule has 0 aliphatic carbocycles. The summed E-state index contributed by atoms with van der Waals surface area (Å²) >= 11 is 1.54. The molecule has 0 saturated heterocycles. The Bertz CT molecular complexity index is 583. The van der Waals surface area contributed by atoms with Crippen molar-refractivity contribution in [2.24, 2.45) is 0 Å². The van der Waals surface area contributed by atoms with Crippen LogP contribution >= 0.6 is 11.3 Å². The van der Waals surface area contributed by atoms with Gasteiger partial charge in [0.2, 0.25) is 0 Å². The van der Waals surface area contributed by atoms with Gasteiger partial charge >= 0.3 is 6.09 Å². The van der Waals surface area contributed by atoms with Crippen molar-refractivity contribution in [1.82, 2.24) is 9.78 Å². The third-order valence-electron chi connectivity index (χ3n) is 2.60. The predicted molar refractivity (Wildman–Crippen MR) is 76.1 cm³/mol. The third kappa shape index (κ3) is 2.55. The molecule has 0 aliphatic rings. The number of nitrogens with zero attached hydrogens (tertiary/aromatic N) is 3. The van der Waals surface area contributed by atoms with Crippen LogP contribution in [-0.4, -0.2) is 26.5 Å². The first-order chi connectivity index (χ1) is 8.80. The van der Waals surface area contributed by atoms with Gasteiger partial charge in [-0.05, 0) is 32.2 Å². The highest BCUT2D eigenvalue weighted by atomic mass is 32.1. The molecule has 1 amide bonds. The van der Waals surface area contributed by atoms with Gasteiger partial charge in [0.1, 0.15) is 5.69 Å². The summed E-state index contributed by atoms with van der Waals surface area (Å²) < 4.78 is 1.59. The van der Waals surface area contributed by atoms with Gasteiger partial charge in [0.05, 0.1) is 11.9 Å². The topological polar surface area (TPSA) is 84.4 Å². The molecule has 0 aromatic carbocycles. The fourth-order valence-electron chi connectivity index (χ4n) is 1.82. The number of carbonyl (C=O) groups is 1. The second kappa shape index (κ2) is 4.58. The van der Waals surface area contributed by atoms with Crippen LogP contribution in [0.4, 0.5) is 16.3 Å². The number of thiophene rings is 1. The van der Waals surface area contributed by atoms with Crippen molar-refractivity contribution in [3.05, 3.63) is 23.0 Å². The van der Waals surface area contributed by atoms with E-state index in [1.165, 1.54) is 16.2 Å². The van der Waals surface area contributed by atoms with E-state index in [2.05, 4.69) is 5.10 Å². The molecule has 0 atom stereocenters. The zero-order valence-corrected chi connectivity index (χ0v) is 11.8. The van der Waals surface area contributed by atoms with Crippen LogP contribution in [0.2, 0.25) is 0 Å². The molecule has 0 saturated carbocycles. The minimum Gasteiger partial charge on any atom is -0.465 e. The maximum Gasteiger partial charge on any atom is 0.412 e. The zero-order valence-electron chi connectivity index (χ0n) is 11.0. The van der Waals surface area contributed by atoms with Crippen LogP contribution in [0.1, 0.15) is 20.8 Å². The first-order valence-corrected chi connectivity index (χ1v) is 6.66. The Balaban J connectivity index is 2.48. The SMILES string of the molecule is CC(C)(C)N(C(=O)O)c1cn(-c2ccsc2)nc1N. The molecule has 2 heterocycles. The Morgan fingerprint density at radius 3 is 2.68 bits per heavy atom. The van der Waals surface area contributed by atoms with Crippen molar-refractivity contribution in [3.63, 3.8) is 0 Å². The maximum atomic E-state index is 11.4. The van der Waals surface area contributed by atoms with Crippen molar-refractivity contribution >= 4 is 28.9 Å². The minimum absolute atomic E-state index is 0.198. The molecule has 2 aromatic rings. The number of anilines is 2. The molecule has 0 spiro atoms. The van der Waals surface area contributed by atoms with Gasteiger partial charge in [0, 0.05) is 10.9 Å². The van der Waals surface area contributed by atoms with E-state index < -0.39 is 11.6 Å². The van der Waals surface area contributed by atoms with Gasteiger partial charge in [0.25, 0.3) is 0 Å².